The van der Waals surface area contributed by atoms with Crippen LogP contribution in [0.25, 0.3) is 5.95 Å². The number of anilines is 1. The second-order valence-corrected chi connectivity index (χ2v) is 5.06. The molecule has 2 aromatic heterocycles. The number of rotatable bonds is 7. The van der Waals surface area contributed by atoms with Crippen molar-refractivity contribution in [3.8, 4) is 5.95 Å². The van der Waals surface area contributed by atoms with Crippen LogP contribution in [0.4, 0.5) is 5.95 Å². The van der Waals surface area contributed by atoms with E-state index in [4.69, 9.17) is 11.6 Å². The van der Waals surface area contributed by atoms with Gasteiger partial charge in [-0.3, -0.25) is 0 Å². The Morgan fingerprint density at radius 2 is 2.15 bits per heavy atom. The fraction of sp³-hybridized carbons (Fsp3) is 0.538. The van der Waals surface area contributed by atoms with Gasteiger partial charge < -0.3 is 5.32 Å². The highest BCUT2D eigenvalue weighted by Crippen LogP contribution is 2.12. The van der Waals surface area contributed by atoms with E-state index in [-0.39, 0.29) is 5.28 Å². The summed E-state index contributed by atoms with van der Waals surface area (Å²) in [6.45, 7) is 4.31. The molecule has 2 aromatic rings. The lowest BCUT2D eigenvalue weighted by Gasteiger charge is -2.13. The van der Waals surface area contributed by atoms with Crippen LogP contribution < -0.4 is 5.32 Å². The molecule has 0 aliphatic carbocycles. The van der Waals surface area contributed by atoms with E-state index in [1.807, 2.05) is 0 Å². The lowest BCUT2D eigenvalue weighted by molar-refractivity contribution is 0.611. The molecule has 1 N–H and O–H groups in total. The molecule has 0 radical (unpaired) electrons. The van der Waals surface area contributed by atoms with Crippen molar-refractivity contribution in [3.05, 3.63) is 23.7 Å². The average molecular weight is 295 g/mol. The Morgan fingerprint density at radius 1 is 1.30 bits per heavy atom. The van der Waals surface area contributed by atoms with E-state index >= 15 is 0 Å². The average Bonchev–Trinajstić information content (AvgIpc) is 2.92. The van der Waals surface area contributed by atoms with Gasteiger partial charge in [-0.1, -0.05) is 26.2 Å². The number of hydrogen-bond acceptors (Lipinski definition) is 5. The van der Waals surface area contributed by atoms with Gasteiger partial charge >= 0.3 is 0 Å². The lowest BCUT2D eigenvalue weighted by atomic mass is 10.1. The number of unbranched alkanes of at least 4 members (excludes halogenated alkanes) is 2. The maximum absolute atomic E-state index is 5.93. The second kappa shape index (κ2) is 7.19. The van der Waals surface area contributed by atoms with Gasteiger partial charge in [-0.2, -0.15) is 20.1 Å². The van der Waals surface area contributed by atoms with Gasteiger partial charge in [-0.25, -0.2) is 4.68 Å². The molecule has 6 nitrogen and oxygen atoms in total. The van der Waals surface area contributed by atoms with Crippen LogP contribution in [0.2, 0.25) is 5.28 Å². The first-order valence-corrected chi connectivity index (χ1v) is 7.25. The van der Waals surface area contributed by atoms with Crippen molar-refractivity contribution in [1.82, 2.24) is 24.7 Å². The maximum atomic E-state index is 5.93. The highest BCUT2D eigenvalue weighted by Gasteiger charge is 2.09. The third-order valence-electron chi connectivity index (χ3n) is 2.92. The Morgan fingerprint density at radius 3 is 2.85 bits per heavy atom. The van der Waals surface area contributed by atoms with Gasteiger partial charge in [0.25, 0.3) is 5.95 Å². The molecule has 1 atom stereocenters. The summed E-state index contributed by atoms with van der Waals surface area (Å²) in [5, 5.41) is 7.50. The van der Waals surface area contributed by atoms with Crippen LogP contribution in [0, 0.1) is 0 Å². The molecule has 0 amide bonds. The zero-order valence-corrected chi connectivity index (χ0v) is 12.5. The third kappa shape index (κ3) is 4.16. The molecule has 1 unspecified atom stereocenters. The quantitative estimate of drug-likeness (QED) is 0.795. The SMILES string of the molecule is CCCCCC(C)Nc1nc(Cl)nc(-n2cccn2)n1. The van der Waals surface area contributed by atoms with E-state index in [9.17, 15) is 0 Å². The van der Waals surface area contributed by atoms with Crippen molar-refractivity contribution in [2.24, 2.45) is 0 Å². The summed E-state index contributed by atoms with van der Waals surface area (Å²) in [5.74, 6) is 0.901. The third-order valence-corrected chi connectivity index (χ3v) is 3.09. The molecule has 7 heteroatoms. The maximum Gasteiger partial charge on any atom is 0.256 e. The summed E-state index contributed by atoms with van der Waals surface area (Å²) in [6, 6.07) is 2.10. The molecule has 0 aliphatic heterocycles. The van der Waals surface area contributed by atoms with E-state index in [1.54, 1.807) is 23.1 Å². The lowest BCUT2D eigenvalue weighted by Crippen LogP contribution is -2.18. The van der Waals surface area contributed by atoms with Crippen LogP contribution in [-0.2, 0) is 0 Å². The van der Waals surface area contributed by atoms with Crippen molar-refractivity contribution < 1.29 is 0 Å². The zero-order chi connectivity index (χ0) is 14.4. The highest BCUT2D eigenvalue weighted by molar-refractivity contribution is 6.28. The fourth-order valence-corrected chi connectivity index (χ4v) is 2.04. The molecule has 0 aromatic carbocycles. The van der Waals surface area contributed by atoms with Crippen molar-refractivity contribution >= 4 is 17.5 Å². The van der Waals surface area contributed by atoms with E-state index < -0.39 is 0 Å². The summed E-state index contributed by atoms with van der Waals surface area (Å²) in [5.41, 5.74) is 0. The Balaban J connectivity index is 2.05. The molecule has 0 spiro atoms. The minimum Gasteiger partial charge on any atom is -0.352 e. The molecule has 2 rings (SSSR count). The first kappa shape index (κ1) is 14.7. The largest absolute Gasteiger partial charge is 0.352 e. The minimum absolute atomic E-state index is 0.161. The van der Waals surface area contributed by atoms with Crippen LogP contribution >= 0.6 is 11.6 Å². The topological polar surface area (TPSA) is 68.5 Å². The van der Waals surface area contributed by atoms with Gasteiger partial charge in [0, 0.05) is 18.4 Å². The van der Waals surface area contributed by atoms with Crippen molar-refractivity contribution in [1.29, 1.82) is 0 Å². The molecular formula is C13H19ClN6. The molecule has 0 fully saturated rings. The van der Waals surface area contributed by atoms with Crippen LogP contribution in [0.1, 0.15) is 39.5 Å². The molecule has 2 heterocycles. The van der Waals surface area contributed by atoms with Gasteiger partial charge in [0.2, 0.25) is 11.2 Å². The monoisotopic (exact) mass is 294 g/mol. The molecule has 0 aliphatic rings. The molecular weight excluding hydrogens is 276 g/mol. The van der Waals surface area contributed by atoms with E-state index in [0.717, 1.165) is 6.42 Å². The van der Waals surface area contributed by atoms with Gasteiger partial charge in [0.15, 0.2) is 0 Å². The standard InChI is InChI=1S/C13H19ClN6/c1-3-4-5-7-10(2)16-12-17-11(14)18-13(19-12)20-9-6-8-15-20/h6,8-10H,3-5,7H2,1-2H3,(H,16,17,18,19). The van der Waals surface area contributed by atoms with Crippen LogP contribution in [0.5, 0.6) is 0 Å². The van der Waals surface area contributed by atoms with E-state index in [1.165, 1.54) is 19.3 Å². The number of nitrogens with one attached hydrogen (secondary N) is 1. The molecule has 0 saturated carbocycles. The molecule has 108 valence electrons. The molecule has 0 bridgehead atoms. The first-order valence-electron chi connectivity index (χ1n) is 6.87. The van der Waals surface area contributed by atoms with Crippen molar-refractivity contribution in [2.45, 2.75) is 45.6 Å². The summed E-state index contributed by atoms with van der Waals surface area (Å²) in [4.78, 5) is 12.5. The first-order chi connectivity index (χ1) is 9.69. The van der Waals surface area contributed by atoms with Gasteiger partial charge in [0.05, 0.1) is 0 Å². The van der Waals surface area contributed by atoms with Gasteiger partial charge in [0.1, 0.15) is 0 Å². The van der Waals surface area contributed by atoms with E-state index in [2.05, 4.69) is 39.2 Å². The summed E-state index contributed by atoms with van der Waals surface area (Å²) in [6.07, 6.45) is 8.15. The number of nitrogens with zero attached hydrogens (tertiary/aromatic N) is 5. The Labute approximate surface area is 123 Å². The number of hydrogen-bond donors (Lipinski definition) is 1. The fourth-order valence-electron chi connectivity index (χ4n) is 1.89. The molecule has 20 heavy (non-hydrogen) atoms. The minimum atomic E-state index is 0.161. The summed E-state index contributed by atoms with van der Waals surface area (Å²) < 4.78 is 1.56. The van der Waals surface area contributed by atoms with Crippen LogP contribution in [-0.4, -0.2) is 30.8 Å². The van der Waals surface area contributed by atoms with Crippen LogP contribution in [0.15, 0.2) is 18.5 Å². The van der Waals surface area contributed by atoms with Crippen LogP contribution in [0.3, 0.4) is 0 Å². The normalized spacial score (nSPS) is 12.3. The van der Waals surface area contributed by atoms with Crippen molar-refractivity contribution in [3.63, 3.8) is 0 Å². The number of aromatic nitrogens is 5. The smallest absolute Gasteiger partial charge is 0.256 e. The Kier molecular flexibility index (Phi) is 5.29. The zero-order valence-electron chi connectivity index (χ0n) is 11.8. The molecule has 0 saturated heterocycles. The van der Waals surface area contributed by atoms with Crippen molar-refractivity contribution in [2.75, 3.05) is 5.32 Å². The van der Waals surface area contributed by atoms with E-state index in [0.29, 0.717) is 17.9 Å². The Hall–Kier alpha value is -1.69. The number of halogens is 1. The van der Waals surface area contributed by atoms with Gasteiger partial charge in [-0.05, 0) is 31.0 Å². The predicted octanol–water partition coefficient (Wildman–Crippen LogP) is 3.09. The Bertz CT molecular complexity index is 528. The summed E-state index contributed by atoms with van der Waals surface area (Å²) in [7, 11) is 0. The summed E-state index contributed by atoms with van der Waals surface area (Å²) >= 11 is 5.93. The highest BCUT2D eigenvalue weighted by atomic mass is 35.5. The second-order valence-electron chi connectivity index (χ2n) is 4.72. The predicted molar refractivity (Wildman–Crippen MR) is 79.2 cm³/mol. The van der Waals surface area contributed by atoms with Gasteiger partial charge in [-0.15, -0.1) is 0 Å².